The first-order chi connectivity index (χ1) is 13.1. The van der Waals surface area contributed by atoms with Crippen molar-refractivity contribution >= 4 is 40.5 Å². The number of benzene rings is 3. The molecule has 0 unspecified atom stereocenters. The fraction of sp³-hybridized carbons (Fsp3) is 0.0952. The Labute approximate surface area is 168 Å². The molecule has 27 heavy (non-hydrogen) atoms. The van der Waals surface area contributed by atoms with Crippen LogP contribution in [0.25, 0.3) is 0 Å². The van der Waals surface area contributed by atoms with E-state index in [4.69, 9.17) is 27.9 Å². The van der Waals surface area contributed by atoms with E-state index < -0.39 is 0 Å². The molecule has 0 heterocycles. The zero-order chi connectivity index (χ0) is 19.1. The van der Waals surface area contributed by atoms with E-state index in [1.807, 2.05) is 66.7 Å². The fourth-order valence-corrected chi connectivity index (χ4v) is 2.79. The number of para-hydroxylation sites is 1. The second-order valence-electron chi connectivity index (χ2n) is 5.83. The smallest absolute Gasteiger partial charge is 0.262 e. The summed E-state index contributed by atoms with van der Waals surface area (Å²) in [6.07, 6.45) is 0. The molecule has 0 fully saturated rings. The minimum absolute atomic E-state index is 0.114. The van der Waals surface area contributed by atoms with E-state index in [9.17, 15) is 4.79 Å². The van der Waals surface area contributed by atoms with Gasteiger partial charge in [0.25, 0.3) is 5.91 Å². The van der Waals surface area contributed by atoms with Crippen molar-refractivity contribution in [3.63, 3.8) is 0 Å². The molecule has 0 atom stereocenters. The van der Waals surface area contributed by atoms with Crippen molar-refractivity contribution < 1.29 is 9.53 Å². The van der Waals surface area contributed by atoms with Crippen molar-refractivity contribution in [3.05, 3.63) is 88.4 Å². The number of anilines is 2. The van der Waals surface area contributed by atoms with Crippen LogP contribution in [-0.4, -0.2) is 12.5 Å². The summed E-state index contributed by atoms with van der Waals surface area (Å²) in [7, 11) is 0. The summed E-state index contributed by atoms with van der Waals surface area (Å²) in [6, 6.07) is 22.2. The number of carbonyl (C=O) groups is 1. The highest BCUT2D eigenvalue weighted by Gasteiger charge is 2.07. The zero-order valence-corrected chi connectivity index (χ0v) is 15.9. The van der Waals surface area contributed by atoms with Crippen LogP contribution in [-0.2, 0) is 11.3 Å². The predicted octanol–water partition coefficient (Wildman–Crippen LogP) is 5.62. The monoisotopic (exact) mass is 400 g/mol. The van der Waals surface area contributed by atoms with Crippen molar-refractivity contribution in [2.24, 2.45) is 0 Å². The second kappa shape index (κ2) is 9.31. The Bertz CT molecular complexity index is 900. The number of rotatable bonds is 7. The number of nitrogens with one attached hydrogen (secondary N) is 2. The SMILES string of the molecule is O=C(COc1ccc(CNc2ccc(Cl)cc2)cc1Cl)Nc1ccccc1. The molecule has 0 radical (unpaired) electrons. The molecule has 0 bridgehead atoms. The van der Waals surface area contributed by atoms with Crippen molar-refractivity contribution in [2.45, 2.75) is 6.54 Å². The van der Waals surface area contributed by atoms with Gasteiger partial charge < -0.3 is 15.4 Å². The van der Waals surface area contributed by atoms with Crippen molar-refractivity contribution in [1.82, 2.24) is 0 Å². The molecule has 0 spiro atoms. The molecular formula is C21H18Cl2N2O2. The van der Waals surface area contributed by atoms with Gasteiger partial charge in [0, 0.05) is 22.9 Å². The predicted molar refractivity (Wildman–Crippen MR) is 111 cm³/mol. The van der Waals surface area contributed by atoms with E-state index >= 15 is 0 Å². The third-order valence-electron chi connectivity index (χ3n) is 3.75. The molecule has 138 valence electrons. The standard InChI is InChI=1S/C21H18Cl2N2O2/c22-16-7-9-17(10-8-16)24-13-15-6-11-20(19(23)12-15)27-14-21(26)25-18-4-2-1-3-5-18/h1-12,24H,13-14H2,(H,25,26). The Morgan fingerprint density at radius 3 is 2.33 bits per heavy atom. The highest BCUT2D eigenvalue weighted by Crippen LogP contribution is 2.26. The van der Waals surface area contributed by atoms with Gasteiger partial charge in [0.2, 0.25) is 0 Å². The molecule has 0 aliphatic heterocycles. The van der Waals surface area contributed by atoms with Gasteiger partial charge in [-0.1, -0.05) is 47.5 Å². The first kappa shape index (κ1) is 19.1. The van der Waals surface area contributed by atoms with Crippen LogP contribution < -0.4 is 15.4 Å². The summed E-state index contributed by atoms with van der Waals surface area (Å²) in [5.41, 5.74) is 2.69. The molecule has 0 saturated heterocycles. The van der Waals surface area contributed by atoms with Crippen molar-refractivity contribution in [3.8, 4) is 5.75 Å². The van der Waals surface area contributed by atoms with Crippen molar-refractivity contribution in [1.29, 1.82) is 0 Å². The molecule has 1 amide bonds. The molecule has 3 aromatic carbocycles. The molecular weight excluding hydrogens is 383 g/mol. The van der Waals surface area contributed by atoms with Crippen LogP contribution >= 0.6 is 23.2 Å². The summed E-state index contributed by atoms with van der Waals surface area (Å²) in [5.74, 6) is 0.223. The molecule has 0 aliphatic carbocycles. The highest BCUT2D eigenvalue weighted by atomic mass is 35.5. The van der Waals surface area contributed by atoms with Crippen LogP contribution in [0.2, 0.25) is 10.0 Å². The first-order valence-electron chi connectivity index (χ1n) is 8.36. The number of hydrogen-bond donors (Lipinski definition) is 2. The van der Waals surface area contributed by atoms with Gasteiger partial charge in [-0.3, -0.25) is 4.79 Å². The van der Waals surface area contributed by atoms with E-state index in [-0.39, 0.29) is 12.5 Å². The lowest BCUT2D eigenvalue weighted by atomic mass is 10.2. The Morgan fingerprint density at radius 2 is 1.63 bits per heavy atom. The Kier molecular flexibility index (Phi) is 6.58. The van der Waals surface area contributed by atoms with E-state index in [1.165, 1.54) is 0 Å². The van der Waals surface area contributed by atoms with Gasteiger partial charge in [0.1, 0.15) is 5.75 Å². The number of amides is 1. The van der Waals surface area contributed by atoms with Gasteiger partial charge in [-0.05, 0) is 54.1 Å². The van der Waals surface area contributed by atoms with Crippen LogP contribution in [0, 0.1) is 0 Å². The Morgan fingerprint density at radius 1 is 0.889 bits per heavy atom. The summed E-state index contributed by atoms with van der Waals surface area (Å²) in [5, 5.41) is 7.20. The summed E-state index contributed by atoms with van der Waals surface area (Å²) >= 11 is 12.2. The quantitative estimate of drug-likeness (QED) is 0.540. The molecule has 3 aromatic rings. The molecule has 6 heteroatoms. The van der Waals surface area contributed by atoms with Crippen LogP contribution in [0.1, 0.15) is 5.56 Å². The molecule has 3 rings (SSSR count). The van der Waals surface area contributed by atoms with E-state index in [1.54, 1.807) is 6.07 Å². The lowest BCUT2D eigenvalue weighted by Crippen LogP contribution is -2.20. The van der Waals surface area contributed by atoms with E-state index in [0.29, 0.717) is 22.3 Å². The number of carbonyl (C=O) groups excluding carboxylic acids is 1. The summed E-state index contributed by atoms with van der Waals surface area (Å²) < 4.78 is 5.52. The minimum Gasteiger partial charge on any atom is -0.482 e. The maximum Gasteiger partial charge on any atom is 0.262 e. The van der Waals surface area contributed by atoms with E-state index in [2.05, 4.69) is 10.6 Å². The largest absolute Gasteiger partial charge is 0.482 e. The maximum absolute atomic E-state index is 11.9. The lowest BCUT2D eigenvalue weighted by Gasteiger charge is -2.11. The topological polar surface area (TPSA) is 50.4 Å². The molecule has 0 saturated carbocycles. The molecule has 2 N–H and O–H groups in total. The minimum atomic E-state index is -0.245. The third kappa shape index (κ3) is 5.91. The zero-order valence-electron chi connectivity index (χ0n) is 14.4. The van der Waals surface area contributed by atoms with Crippen LogP contribution in [0.15, 0.2) is 72.8 Å². The second-order valence-corrected chi connectivity index (χ2v) is 6.67. The first-order valence-corrected chi connectivity index (χ1v) is 9.11. The van der Waals surface area contributed by atoms with Gasteiger partial charge in [0.05, 0.1) is 5.02 Å². The third-order valence-corrected chi connectivity index (χ3v) is 4.30. The molecule has 0 aliphatic rings. The fourth-order valence-electron chi connectivity index (χ4n) is 2.41. The van der Waals surface area contributed by atoms with E-state index in [0.717, 1.165) is 16.9 Å². The van der Waals surface area contributed by atoms with Gasteiger partial charge in [-0.25, -0.2) is 0 Å². The summed E-state index contributed by atoms with van der Waals surface area (Å²) in [6.45, 7) is 0.493. The summed E-state index contributed by atoms with van der Waals surface area (Å²) in [4.78, 5) is 11.9. The highest BCUT2D eigenvalue weighted by molar-refractivity contribution is 6.32. The number of ether oxygens (including phenoxy) is 1. The lowest BCUT2D eigenvalue weighted by molar-refractivity contribution is -0.118. The number of hydrogen-bond acceptors (Lipinski definition) is 3. The van der Waals surface area contributed by atoms with Gasteiger partial charge in [0.15, 0.2) is 6.61 Å². The molecule has 4 nitrogen and oxygen atoms in total. The Hall–Kier alpha value is -2.69. The van der Waals surface area contributed by atoms with Gasteiger partial charge in [-0.2, -0.15) is 0 Å². The van der Waals surface area contributed by atoms with Crippen LogP contribution in [0.4, 0.5) is 11.4 Å². The van der Waals surface area contributed by atoms with Gasteiger partial charge >= 0.3 is 0 Å². The Balaban J connectivity index is 1.51. The van der Waals surface area contributed by atoms with Crippen molar-refractivity contribution in [2.75, 3.05) is 17.2 Å². The average molecular weight is 401 g/mol. The molecule has 0 aromatic heterocycles. The average Bonchev–Trinajstić information content (AvgIpc) is 2.67. The van der Waals surface area contributed by atoms with Crippen LogP contribution in [0.5, 0.6) is 5.75 Å². The normalized spacial score (nSPS) is 10.3. The number of halogens is 2. The van der Waals surface area contributed by atoms with Crippen LogP contribution in [0.3, 0.4) is 0 Å². The maximum atomic E-state index is 11.9. The van der Waals surface area contributed by atoms with Gasteiger partial charge in [-0.15, -0.1) is 0 Å².